The fourth-order valence-corrected chi connectivity index (χ4v) is 1.46. The van der Waals surface area contributed by atoms with Gasteiger partial charge in [-0.1, -0.05) is 15.9 Å². The van der Waals surface area contributed by atoms with Gasteiger partial charge in [0.1, 0.15) is 5.75 Å². The van der Waals surface area contributed by atoms with Gasteiger partial charge in [-0.2, -0.15) is 0 Å². The van der Waals surface area contributed by atoms with Crippen LogP contribution in [0, 0.1) is 0 Å². The number of halogens is 2. The first kappa shape index (κ1) is 16.2. The number of rotatable bonds is 4. The van der Waals surface area contributed by atoms with E-state index in [2.05, 4.69) is 21.2 Å². The van der Waals surface area contributed by atoms with Gasteiger partial charge in [-0.3, -0.25) is 4.79 Å². The summed E-state index contributed by atoms with van der Waals surface area (Å²) < 4.78 is 6.31. The van der Waals surface area contributed by atoms with E-state index in [0.717, 1.165) is 4.47 Å². The Bertz CT molecular complexity index is 386. The van der Waals surface area contributed by atoms with Crippen LogP contribution in [0.2, 0.25) is 0 Å². The van der Waals surface area contributed by atoms with Gasteiger partial charge in [-0.25, -0.2) is 0 Å². The lowest BCUT2D eigenvalue weighted by Gasteiger charge is -2.13. The van der Waals surface area contributed by atoms with E-state index in [1.54, 1.807) is 19.1 Å². The smallest absolute Gasteiger partial charge is 0.241 e. The molecular formula is C11H16BrClN2O2. The molecule has 1 rings (SSSR count). The van der Waals surface area contributed by atoms with Gasteiger partial charge in [0.15, 0.2) is 0 Å². The summed E-state index contributed by atoms with van der Waals surface area (Å²) in [6.07, 6.45) is 0. The Morgan fingerprint density at radius 1 is 1.59 bits per heavy atom. The van der Waals surface area contributed by atoms with Crippen molar-refractivity contribution >= 4 is 39.9 Å². The Kier molecular flexibility index (Phi) is 7.18. The van der Waals surface area contributed by atoms with Crippen LogP contribution in [0.15, 0.2) is 22.7 Å². The molecular weight excluding hydrogens is 307 g/mol. The summed E-state index contributed by atoms with van der Waals surface area (Å²) in [4.78, 5) is 11.5. The molecule has 0 aliphatic rings. The molecule has 0 saturated heterocycles. The molecule has 1 atom stereocenters. The van der Waals surface area contributed by atoms with E-state index in [9.17, 15) is 4.79 Å². The Morgan fingerprint density at radius 2 is 2.24 bits per heavy atom. The first-order valence-corrected chi connectivity index (χ1v) is 5.82. The number of nitrogens with two attached hydrogens (primary N) is 1. The molecule has 0 saturated carbocycles. The predicted molar refractivity (Wildman–Crippen MR) is 74.8 cm³/mol. The highest BCUT2D eigenvalue weighted by Crippen LogP contribution is 2.28. The summed E-state index contributed by atoms with van der Waals surface area (Å²) >= 11 is 3.34. The van der Waals surface area contributed by atoms with Gasteiger partial charge in [-0.05, 0) is 32.0 Å². The normalized spacial score (nSPS) is 11.3. The van der Waals surface area contributed by atoms with Gasteiger partial charge in [0.05, 0.1) is 18.3 Å². The number of carbonyl (C=O) groups excluding carboxylic acids is 1. The highest BCUT2D eigenvalue weighted by molar-refractivity contribution is 9.10. The summed E-state index contributed by atoms with van der Waals surface area (Å²) in [7, 11) is 0. The molecule has 6 heteroatoms. The molecule has 96 valence electrons. The van der Waals surface area contributed by atoms with Crippen LogP contribution in [-0.4, -0.2) is 18.6 Å². The maximum atomic E-state index is 11.5. The van der Waals surface area contributed by atoms with Crippen LogP contribution in [-0.2, 0) is 4.79 Å². The van der Waals surface area contributed by atoms with Crippen molar-refractivity contribution in [2.75, 3.05) is 11.9 Å². The maximum Gasteiger partial charge on any atom is 0.241 e. The van der Waals surface area contributed by atoms with Gasteiger partial charge in [-0.15, -0.1) is 12.4 Å². The van der Waals surface area contributed by atoms with Gasteiger partial charge in [0.2, 0.25) is 5.91 Å². The largest absolute Gasteiger partial charge is 0.492 e. The van der Waals surface area contributed by atoms with Gasteiger partial charge in [0, 0.05) is 4.47 Å². The summed E-state index contributed by atoms with van der Waals surface area (Å²) in [5, 5.41) is 2.71. The van der Waals surface area contributed by atoms with Crippen LogP contribution in [0.4, 0.5) is 5.69 Å². The Labute approximate surface area is 115 Å². The van der Waals surface area contributed by atoms with E-state index >= 15 is 0 Å². The van der Waals surface area contributed by atoms with Gasteiger partial charge < -0.3 is 15.8 Å². The first-order chi connectivity index (χ1) is 7.54. The fourth-order valence-electron chi connectivity index (χ4n) is 1.12. The minimum absolute atomic E-state index is 0. The van der Waals surface area contributed by atoms with Crippen molar-refractivity contribution in [3.8, 4) is 5.75 Å². The van der Waals surface area contributed by atoms with E-state index in [-0.39, 0.29) is 18.3 Å². The summed E-state index contributed by atoms with van der Waals surface area (Å²) in [5.74, 6) is 0.397. The summed E-state index contributed by atoms with van der Waals surface area (Å²) in [6, 6.07) is 4.87. The number of ether oxygens (including phenoxy) is 1. The topological polar surface area (TPSA) is 64.3 Å². The third-order valence-electron chi connectivity index (χ3n) is 1.91. The van der Waals surface area contributed by atoms with Crippen molar-refractivity contribution in [3.63, 3.8) is 0 Å². The van der Waals surface area contributed by atoms with Crippen LogP contribution in [0.1, 0.15) is 13.8 Å². The molecule has 0 radical (unpaired) electrons. The van der Waals surface area contributed by atoms with Crippen molar-refractivity contribution in [1.29, 1.82) is 0 Å². The zero-order chi connectivity index (χ0) is 12.1. The van der Waals surface area contributed by atoms with Crippen LogP contribution in [0.25, 0.3) is 0 Å². The Balaban J connectivity index is 0.00000256. The van der Waals surface area contributed by atoms with E-state index in [4.69, 9.17) is 10.5 Å². The Morgan fingerprint density at radius 3 is 2.76 bits per heavy atom. The van der Waals surface area contributed by atoms with Gasteiger partial charge in [0.25, 0.3) is 0 Å². The van der Waals surface area contributed by atoms with E-state index in [1.807, 2.05) is 13.0 Å². The molecule has 0 unspecified atom stereocenters. The van der Waals surface area contributed by atoms with Gasteiger partial charge >= 0.3 is 0 Å². The molecule has 0 aliphatic carbocycles. The van der Waals surface area contributed by atoms with E-state index in [1.165, 1.54) is 0 Å². The average molecular weight is 324 g/mol. The lowest BCUT2D eigenvalue weighted by molar-refractivity contribution is -0.117. The zero-order valence-corrected chi connectivity index (χ0v) is 12.1. The van der Waals surface area contributed by atoms with Crippen molar-refractivity contribution < 1.29 is 9.53 Å². The predicted octanol–water partition coefficient (Wildman–Crippen LogP) is 2.56. The standard InChI is InChI=1S/C11H15BrN2O2.ClH/c1-3-16-10-6-8(12)4-5-9(10)14-11(15)7(2)13;/h4-7H,3,13H2,1-2H3,(H,14,15);1H/t7-;/m0./s1. The minimum Gasteiger partial charge on any atom is -0.492 e. The van der Waals surface area contributed by atoms with E-state index in [0.29, 0.717) is 18.0 Å². The molecule has 0 bridgehead atoms. The number of benzene rings is 1. The third kappa shape index (κ3) is 4.93. The molecule has 1 amide bonds. The SMILES string of the molecule is CCOc1cc(Br)ccc1NC(=O)[C@H](C)N.Cl. The first-order valence-electron chi connectivity index (χ1n) is 5.03. The average Bonchev–Trinajstić information content (AvgIpc) is 2.22. The molecule has 3 N–H and O–H groups in total. The molecule has 0 aliphatic heterocycles. The molecule has 0 heterocycles. The summed E-state index contributed by atoms with van der Waals surface area (Å²) in [6.45, 7) is 4.06. The van der Waals surface area contributed by atoms with Crippen LogP contribution < -0.4 is 15.8 Å². The quantitative estimate of drug-likeness (QED) is 0.895. The highest BCUT2D eigenvalue weighted by Gasteiger charge is 2.11. The molecule has 0 aromatic heterocycles. The van der Waals surface area contributed by atoms with E-state index < -0.39 is 6.04 Å². The van der Waals surface area contributed by atoms with Crippen LogP contribution >= 0.6 is 28.3 Å². The van der Waals surface area contributed by atoms with Crippen molar-refractivity contribution in [1.82, 2.24) is 0 Å². The second-order valence-electron chi connectivity index (χ2n) is 3.35. The summed E-state index contributed by atoms with van der Waals surface area (Å²) in [5.41, 5.74) is 6.11. The van der Waals surface area contributed by atoms with Crippen molar-refractivity contribution in [2.45, 2.75) is 19.9 Å². The highest BCUT2D eigenvalue weighted by atomic mass is 79.9. The second kappa shape index (κ2) is 7.53. The lowest BCUT2D eigenvalue weighted by Crippen LogP contribution is -2.32. The second-order valence-corrected chi connectivity index (χ2v) is 4.27. The molecule has 0 spiro atoms. The maximum absolute atomic E-state index is 11.5. The number of anilines is 1. The monoisotopic (exact) mass is 322 g/mol. The molecule has 4 nitrogen and oxygen atoms in total. The van der Waals surface area contributed by atoms with Crippen LogP contribution in [0.5, 0.6) is 5.75 Å². The third-order valence-corrected chi connectivity index (χ3v) is 2.41. The number of hydrogen-bond donors (Lipinski definition) is 2. The zero-order valence-electron chi connectivity index (χ0n) is 9.70. The number of hydrogen-bond acceptors (Lipinski definition) is 3. The van der Waals surface area contributed by atoms with Crippen molar-refractivity contribution in [2.24, 2.45) is 5.73 Å². The number of nitrogens with one attached hydrogen (secondary N) is 1. The molecule has 1 aromatic carbocycles. The lowest BCUT2D eigenvalue weighted by atomic mass is 10.2. The molecule has 17 heavy (non-hydrogen) atoms. The minimum atomic E-state index is -0.543. The van der Waals surface area contributed by atoms with Crippen LogP contribution in [0.3, 0.4) is 0 Å². The number of carbonyl (C=O) groups is 1. The molecule has 1 aromatic rings. The fraction of sp³-hybridized carbons (Fsp3) is 0.364. The Hall–Kier alpha value is -0.780. The van der Waals surface area contributed by atoms with Crippen molar-refractivity contribution in [3.05, 3.63) is 22.7 Å². The number of amides is 1. The molecule has 0 fully saturated rings.